The zero-order valence-corrected chi connectivity index (χ0v) is 9.22. The van der Waals surface area contributed by atoms with Crippen molar-refractivity contribution in [3.8, 4) is 0 Å². The van der Waals surface area contributed by atoms with Crippen LogP contribution in [0.3, 0.4) is 0 Å². The highest BCUT2D eigenvalue weighted by molar-refractivity contribution is 5.96. The van der Waals surface area contributed by atoms with Crippen molar-refractivity contribution < 1.29 is 9.18 Å². The summed E-state index contributed by atoms with van der Waals surface area (Å²) in [6, 6.07) is 4.61. The summed E-state index contributed by atoms with van der Waals surface area (Å²) in [7, 11) is 1.80. The second-order valence-corrected chi connectivity index (χ2v) is 4.08. The fourth-order valence-electron chi connectivity index (χ4n) is 1.60. The van der Waals surface area contributed by atoms with Gasteiger partial charge in [-0.1, -0.05) is 6.07 Å². The standard InChI is InChI=1S/C12H15FN2O/c1-14-7-8-2-3-9(13)6-11(8)12(16)15-10-4-5-10/h2-3,6,10,14H,4-5,7H2,1H3,(H,15,16). The molecule has 0 aliphatic heterocycles. The van der Waals surface area contributed by atoms with Gasteiger partial charge in [-0.2, -0.15) is 0 Å². The van der Waals surface area contributed by atoms with Crippen LogP contribution in [0.25, 0.3) is 0 Å². The molecule has 1 saturated carbocycles. The van der Waals surface area contributed by atoms with Gasteiger partial charge in [0.25, 0.3) is 5.91 Å². The normalized spacial score (nSPS) is 14.9. The number of hydrogen-bond donors (Lipinski definition) is 2. The van der Waals surface area contributed by atoms with Gasteiger partial charge in [-0.15, -0.1) is 0 Å². The monoisotopic (exact) mass is 222 g/mol. The molecule has 1 amide bonds. The molecule has 1 aliphatic rings. The smallest absolute Gasteiger partial charge is 0.251 e. The SMILES string of the molecule is CNCc1ccc(F)cc1C(=O)NC1CC1. The largest absolute Gasteiger partial charge is 0.349 e. The van der Waals surface area contributed by atoms with E-state index in [9.17, 15) is 9.18 Å². The third-order valence-corrected chi connectivity index (χ3v) is 2.60. The molecule has 0 atom stereocenters. The Morgan fingerprint density at radius 2 is 2.25 bits per heavy atom. The van der Waals surface area contributed by atoms with E-state index in [-0.39, 0.29) is 11.7 Å². The van der Waals surface area contributed by atoms with Crippen LogP contribution in [0.5, 0.6) is 0 Å². The first-order valence-electron chi connectivity index (χ1n) is 5.44. The van der Waals surface area contributed by atoms with Crippen molar-refractivity contribution in [3.63, 3.8) is 0 Å². The van der Waals surface area contributed by atoms with Crippen LogP contribution in [-0.4, -0.2) is 19.0 Å². The summed E-state index contributed by atoms with van der Waals surface area (Å²) in [5, 5.41) is 5.83. The topological polar surface area (TPSA) is 41.1 Å². The first kappa shape index (κ1) is 11.1. The lowest BCUT2D eigenvalue weighted by atomic mass is 10.1. The van der Waals surface area contributed by atoms with E-state index >= 15 is 0 Å². The van der Waals surface area contributed by atoms with Crippen LogP contribution < -0.4 is 10.6 Å². The average Bonchev–Trinajstić information content (AvgIpc) is 3.05. The van der Waals surface area contributed by atoms with Gasteiger partial charge >= 0.3 is 0 Å². The van der Waals surface area contributed by atoms with Gasteiger partial charge in [0.15, 0.2) is 0 Å². The van der Waals surface area contributed by atoms with Gasteiger partial charge in [0.1, 0.15) is 5.82 Å². The maximum Gasteiger partial charge on any atom is 0.251 e. The van der Waals surface area contributed by atoms with Crippen molar-refractivity contribution in [1.29, 1.82) is 0 Å². The molecule has 0 spiro atoms. The molecule has 1 aliphatic carbocycles. The van der Waals surface area contributed by atoms with E-state index in [1.807, 2.05) is 0 Å². The van der Waals surface area contributed by atoms with Gasteiger partial charge in [-0.05, 0) is 37.6 Å². The number of amides is 1. The van der Waals surface area contributed by atoms with Crippen molar-refractivity contribution in [2.45, 2.75) is 25.4 Å². The van der Waals surface area contributed by atoms with E-state index in [0.717, 1.165) is 18.4 Å². The van der Waals surface area contributed by atoms with Gasteiger partial charge < -0.3 is 10.6 Å². The Balaban J connectivity index is 2.20. The van der Waals surface area contributed by atoms with Crippen LogP contribution >= 0.6 is 0 Å². The molecular weight excluding hydrogens is 207 g/mol. The zero-order valence-electron chi connectivity index (χ0n) is 9.22. The summed E-state index contributed by atoms with van der Waals surface area (Å²) in [6.45, 7) is 0.563. The fourth-order valence-corrected chi connectivity index (χ4v) is 1.60. The maximum atomic E-state index is 13.1. The molecule has 1 fully saturated rings. The maximum absolute atomic E-state index is 13.1. The van der Waals surface area contributed by atoms with Crippen molar-refractivity contribution in [2.24, 2.45) is 0 Å². The predicted octanol–water partition coefficient (Wildman–Crippen LogP) is 1.44. The Morgan fingerprint density at radius 1 is 1.50 bits per heavy atom. The second-order valence-electron chi connectivity index (χ2n) is 4.08. The van der Waals surface area contributed by atoms with Crippen molar-refractivity contribution in [3.05, 3.63) is 35.1 Å². The molecule has 0 heterocycles. The highest BCUT2D eigenvalue weighted by Crippen LogP contribution is 2.20. The summed E-state index contributed by atoms with van der Waals surface area (Å²) in [4.78, 5) is 11.8. The van der Waals surface area contributed by atoms with Crippen molar-refractivity contribution in [1.82, 2.24) is 10.6 Å². The average molecular weight is 222 g/mol. The number of carbonyl (C=O) groups is 1. The number of rotatable bonds is 4. The van der Waals surface area contributed by atoms with E-state index < -0.39 is 0 Å². The molecule has 1 aromatic rings. The quantitative estimate of drug-likeness (QED) is 0.809. The number of nitrogens with one attached hydrogen (secondary N) is 2. The van der Waals surface area contributed by atoms with E-state index in [0.29, 0.717) is 18.2 Å². The lowest BCUT2D eigenvalue weighted by molar-refractivity contribution is 0.0949. The van der Waals surface area contributed by atoms with Gasteiger partial charge in [-0.3, -0.25) is 4.79 Å². The van der Waals surface area contributed by atoms with Crippen molar-refractivity contribution >= 4 is 5.91 Å². The lowest BCUT2D eigenvalue weighted by Crippen LogP contribution is -2.27. The summed E-state index contributed by atoms with van der Waals surface area (Å²) >= 11 is 0. The molecule has 4 heteroatoms. The predicted molar refractivity (Wildman–Crippen MR) is 59.7 cm³/mol. The minimum Gasteiger partial charge on any atom is -0.349 e. The number of hydrogen-bond acceptors (Lipinski definition) is 2. The number of carbonyl (C=O) groups excluding carboxylic acids is 1. The molecule has 0 unspecified atom stereocenters. The number of benzene rings is 1. The van der Waals surface area contributed by atoms with Crippen LogP contribution in [0.2, 0.25) is 0 Å². The zero-order chi connectivity index (χ0) is 11.5. The Bertz CT molecular complexity index is 402. The van der Waals surface area contributed by atoms with Gasteiger partial charge in [0, 0.05) is 18.2 Å². The van der Waals surface area contributed by atoms with Crippen molar-refractivity contribution in [2.75, 3.05) is 7.05 Å². The third kappa shape index (κ3) is 2.58. The highest BCUT2D eigenvalue weighted by atomic mass is 19.1. The molecule has 16 heavy (non-hydrogen) atoms. The lowest BCUT2D eigenvalue weighted by Gasteiger charge is -2.09. The van der Waals surface area contributed by atoms with Crippen LogP contribution in [-0.2, 0) is 6.54 Å². The minimum absolute atomic E-state index is 0.174. The Labute approximate surface area is 94.0 Å². The third-order valence-electron chi connectivity index (χ3n) is 2.60. The molecule has 1 aromatic carbocycles. The fraction of sp³-hybridized carbons (Fsp3) is 0.417. The van der Waals surface area contributed by atoms with Crippen LogP contribution in [0.15, 0.2) is 18.2 Å². The minimum atomic E-state index is -0.374. The van der Waals surface area contributed by atoms with E-state index in [4.69, 9.17) is 0 Å². The van der Waals surface area contributed by atoms with E-state index in [1.54, 1.807) is 13.1 Å². The molecule has 2 N–H and O–H groups in total. The molecule has 2 rings (SSSR count). The summed E-state index contributed by atoms with van der Waals surface area (Å²) in [6.07, 6.45) is 2.06. The Hall–Kier alpha value is -1.42. The van der Waals surface area contributed by atoms with Crippen LogP contribution in [0.4, 0.5) is 4.39 Å². The van der Waals surface area contributed by atoms with Crippen LogP contribution in [0.1, 0.15) is 28.8 Å². The van der Waals surface area contributed by atoms with E-state index in [1.165, 1.54) is 12.1 Å². The number of halogens is 1. The van der Waals surface area contributed by atoms with Gasteiger partial charge in [0.05, 0.1) is 0 Å². The molecule has 0 aromatic heterocycles. The van der Waals surface area contributed by atoms with Gasteiger partial charge in [0.2, 0.25) is 0 Å². The Kier molecular flexibility index (Phi) is 3.19. The molecule has 3 nitrogen and oxygen atoms in total. The van der Waals surface area contributed by atoms with Gasteiger partial charge in [-0.25, -0.2) is 4.39 Å². The van der Waals surface area contributed by atoms with Crippen LogP contribution in [0, 0.1) is 5.82 Å². The highest BCUT2D eigenvalue weighted by Gasteiger charge is 2.24. The molecular formula is C12H15FN2O. The first-order valence-corrected chi connectivity index (χ1v) is 5.44. The summed E-state index contributed by atoms with van der Waals surface area (Å²) in [5.74, 6) is -0.548. The first-order chi connectivity index (χ1) is 7.70. The molecule has 0 radical (unpaired) electrons. The second kappa shape index (κ2) is 4.61. The summed E-state index contributed by atoms with van der Waals surface area (Å²) in [5.41, 5.74) is 1.25. The molecule has 0 saturated heterocycles. The molecule has 86 valence electrons. The molecule has 0 bridgehead atoms. The van der Waals surface area contributed by atoms with E-state index in [2.05, 4.69) is 10.6 Å². The summed E-state index contributed by atoms with van der Waals surface area (Å²) < 4.78 is 13.1. The Morgan fingerprint density at radius 3 is 2.88 bits per heavy atom.